The van der Waals surface area contributed by atoms with Crippen molar-refractivity contribution in [2.75, 3.05) is 37.6 Å². The third-order valence-electron chi connectivity index (χ3n) is 7.86. The summed E-state index contributed by atoms with van der Waals surface area (Å²) in [5, 5.41) is 3.58. The Hall–Kier alpha value is -1.06. The lowest BCUT2D eigenvalue weighted by Gasteiger charge is -2.50. The van der Waals surface area contributed by atoms with Crippen molar-refractivity contribution in [3.8, 4) is 0 Å². The van der Waals surface area contributed by atoms with E-state index >= 15 is 0 Å². The fourth-order valence-electron chi connectivity index (χ4n) is 5.41. The van der Waals surface area contributed by atoms with Crippen LogP contribution in [0.3, 0.4) is 0 Å². The van der Waals surface area contributed by atoms with Crippen LogP contribution < -0.4 is 10.2 Å². The second-order valence-electron chi connectivity index (χ2n) is 9.66. The Morgan fingerprint density at radius 2 is 1.61 bits per heavy atom. The molecule has 0 atom stereocenters. The molecule has 0 unspecified atom stereocenters. The highest BCUT2D eigenvalue weighted by atomic mass is 15.2. The van der Waals surface area contributed by atoms with Crippen LogP contribution in [0.1, 0.15) is 76.7 Å². The molecule has 3 aliphatic rings. The largest absolute Gasteiger partial charge is 0.371 e. The van der Waals surface area contributed by atoms with E-state index in [0.717, 1.165) is 19.1 Å². The molecule has 0 aromatic heterocycles. The normalized spacial score (nSPS) is 23.1. The zero-order valence-corrected chi connectivity index (χ0v) is 18.1. The van der Waals surface area contributed by atoms with Crippen molar-refractivity contribution in [3.05, 3.63) is 29.8 Å². The number of piperidine rings is 2. The Bertz CT molecular complexity index is 574. The molecular weight excluding hydrogens is 342 g/mol. The van der Waals surface area contributed by atoms with Crippen molar-refractivity contribution < 1.29 is 0 Å². The van der Waals surface area contributed by atoms with Crippen molar-refractivity contribution in [3.63, 3.8) is 0 Å². The highest BCUT2D eigenvalue weighted by molar-refractivity contribution is 5.48. The maximum Gasteiger partial charge on any atom is 0.0366 e. The number of nitrogens with one attached hydrogen (secondary N) is 1. The molecule has 156 valence electrons. The number of nitrogens with zero attached hydrogens (tertiary/aromatic N) is 2. The molecule has 3 heteroatoms. The summed E-state index contributed by atoms with van der Waals surface area (Å²) in [5.74, 6) is 0. The van der Waals surface area contributed by atoms with Crippen LogP contribution >= 0.6 is 0 Å². The Morgan fingerprint density at radius 1 is 0.929 bits per heavy atom. The summed E-state index contributed by atoms with van der Waals surface area (Å²) in [6.07, 6.45) is 14.0. The number of anilines is 1. The summed E-state index contributed by atoms with van der Waals surface area (Å²) in [4.78, 5) is 5.43. The molecule has 28 heavy (non-hydrogen) atoms. The lowest BCUT2D eigenvalue weighted by atomic mass is 9.70. The van der Waals surface area contributed by atoms with Crippen LogP contribution in [0, 0.1) is 5.41 Å². The van der Waals surface area contributed by atoms with Crippen molar-refractivity contribution in [2.24, 2.45) is 5.41 Å². The predicted molar refractivity (Wildman–Crippen MR) is 120 cm³/mol. The Kier molecular flexibility index (Phi) is 6.95. The molecule has 2 aliphatic heterocycles. The van der Waals surface area contributed by atoms with Gasteiger partial charge in [0.25, 0.3) is 0 Å². The van der Waals surface area contributed by atoms with E-state index in [4.69, 9.17) is 0 Å². The summed E-state index contributed by atoms with van der Waals surface area (Å²) in [6, 6.07) is 10.3. The summed E-state index contributed by atoms with van der Waals surface area (Å²) in [7, 11) is 0. The molecule has 3 nitrogen and oxygen atoms in total. The molecule has 4 rings (SSSR count). The zero-order valence-electron chi connectivity index (χ0n) is 18.1. The lowest BCUT2D eigenvalue weighted by molar-refractivity contribution is 0.0306. The maximum absolute atomic E-state index is 3.58. The second-order valence-corrected chi connectivity index (χ2v) is 9.66. The Labute approximate surface area is 172 Å². The van der Waals surface area contributed by atoms with E-state index in [2.05, 4.69) is 46.3 Å². The van der Waals surface area contributed by atoms with E-state index in [0.29, 0.717) is 5.41 Å². The van der Waals surface area contributed by atoms with Gasteiger partial charge in [0, 0.05) is 31.4 Å². The zero-order chi connectivity index (χ0) is 19.2. The minimum atomic E-state index is 0.652. The first-order chi connectivity index (χ1) is 13.8. The van der Waals surface area contributed by atoms with Gasteiger partial charge in [-0.15, -0.1) is 0 Å². The van der Waals surface area contributed by atoms with Gasteiger partial charge in [-0.1, -0.05) is 38.3 Å². The average Bonchev–Trinajstić information content (AvgIpc) is 2.70. The van der Waals surface area contributed by atoms with E-state index in [-0.39, 0.29) is 0 Å². The molecule has 1 aliphatic carbocycles. The number of hydrogen-bond acceptors (Lipinski definition) is 3. The number of likely N-dealkylation sites (tertiary alicyclic amines) is 1. The number of rotatable bonds is 8. The van der Waals surface area contributed by atoms with Crippen LogP contribution in [-0.2, 0) is 6.54 Å². The van der Waals surface area contributed by atoms with Gasteiger partial charge in [0.2, 0.25) is 0 Å². The van der Waals surface area contributed by atoms with Crippen LogP contribution in [0.5, 0.6) is 0 Å². The summed E-state index contributed by atoms with van der Waals surface area (Å²) < 4.78 is 0. The van der Waals surface area contributed by atoms with Crippen LogP contribution in [0.15, 0.2) is 24.3 Å². The molecule has 2 heterocycles. The number of benzene rings is 1. The molecule has 0 bridgehead atoms. The standard InChI is InChI=1S/C25H41N3/c1-2-3-4-16-26-21-22-8-10-24(11-9-22)28-19-14-25(15-20-28)12-17-27(18-13-25)23-6-5-7-23/h8-11,23,26H,2-7,12-21H2,1H3. The molecule has 2 saturated heterocycles. The van der Waals surface area contributed by atoms with Gasteiger partial charge in [-0.05, 0) is 87.7 Å². The molecule has 0 radical (unpaired) electrons. The van der Waals surface area contributed by atoms with Gasteiger partial charge in [0.15, 0.2) is 0 Å². The van der Waals surface area contributed by atoms with Gasteiger partial charge >= 0.3 is 0 Å². The molecule has 1 N–H and O–H groups in total. The fraction of sp³-hybridized carbons (Fsp3) is 0.760. The van der Waals surface area contributed by atoms with Gasteiger partial charge in [0.1, 0.15) is 0 Å². The van der Waals surface area contributed by atoms with Crippen LogP contribution in [0.2, 0.25) is 0 Å². The quantitative estimate of drug-likeness (QED) is 0.622. The van der Waals surface area contributed by atoms with Gasteiger partial charge in [-0.3, -0.25) is 0 Å². The van der Waals surface area contributed by atoms with E-state index in [1.54, 1.807) is 0 Å². The molecule has 3 fully saturated rings. The third kappa shape index (κ3) is 4.91. The van der Waals surface area contributed by atoms with E-state index in [1.165, 1.54) is 102 Å². The highest BCUT2D eigenvalue weighted by Crippen LogP contribution is 2.43. The van der Waals surface area contributed by atoms with E-state index in [9.17, 15) is 0 Å². The Balaban J connectivity index is 1.20. The minimum Gasteiger partial charge on any atom is -0.371 e. The monoisotopic (exact) mass is 383 g/mol. The predicted octanol–water partition coefficient (Wildman–Crippen LogP) is 5.20. The summed E-state index contributed by atoms with van der Waals surface area (Å²) in [5.41, 5.74) is 3.49. The fourth-order valence-corrected chi connectivity index (χ4v) is 5.41. The second kappa shape index (κ2) is 9.63. The van der Waals surface area contributed by atoms with Gasteiger partial charge in [0.05, 0.1) is 0 Å². The summed E-state index contributed by atoms with van der Waals surface area (Å²) in [6.45, 7) is 9.64. The molecule has 1 aromatic carbocycles. The first-order valence-corrected chi connectivity index (χ1v) is 12.1. The first kappa shape index (κ1) is 20.2. The molecule has 1 saturated carbocycles. The Morgan fingerprint density at radius 3 is 2.21 bits per heavy atom. The van der Waals surface area contributed by atoms with Crippen molar-refractivity contribution in [1.29, 1.82) is 0 Å². The first-order valence-electron chi connectivity index (χ1n) is 12.1. The van der Waals surface area contributed by atoms with Crippen molar-refractivity contribution in [1.82, 2.24) is 10.2 Å². The summed E-state index contributed by atoms with van der Waals surface area (Å²) >= 11 is 0. The van der Waals surface area contributed by atoms with Gasteiger partial charge in [-0.25, -0.2) is 0 Å². The van der Waals surface area contributed by atoms with Crippen LogP contribution in [0.25, 0.3) is 0 Å². The van der Waals surface area contributed by atoms with Crippen molar-refractivity contribution >= 4 is 5.69 Å². The van der Waals surface area contributed by atoms with Crippen molar-refractivity contribution in [2.45, 2.75) is 83.7 Å². The SMILES string of the molecule is CCCCCNCc1ccc(N2CCC3(CC2)CCN(C2CCC2)CC3)cc1. The third-order valence-corrected chi connectivity index (χ3v) is 7.86. The molecule has 1 aromatic rings. The number of hydrogen-bond donors (Lipinski definition) is 1. The van der Waals surface area contributed by atoms with E-state index in [1.807, 2.05) is 0 Å². The molecule has 0 amide bonds. The smallest absolute Gasteiger partial charge is 0.0366 e. The number of unbranched alkanes of at least 4 members (excludes halogenated alkanes) is 2. The molecule has 1 spiro atoms. The van der Waals surface area contributed by atoms with Gasteiger partial charge < -0.3 is 15.1 Å². The topological polar surface area (TPSA) is 18.5 Å². The van der Waals surface area contributed by atoms with Crippen LogP contribution in [-0.4, -0.2) is 43.7 Å². The lowest BCUT2D eigenvalue weighted by Crippen LogP contribution is -2.50. The highest BCUT2D eigenvalue weighted by Gasteiger charge is 2.39. The molecular formula is C25H41N3. The maximum atomic E-state index is 3.58. The average molecular weight is 384 g/mol. The van der Waals surface area contributed by atoms with E-state index < -0.39 is 0 Å². The minimum absolute atomic E-state index is 0.652. The van der Waals surface area contributed by atoms with Gasteiger partial charge in [-0.2, -0.15) is 0 Å². The van der Waals surface area contributed by atoms with Crippen LogP contribution in [0.4, 0.5) is 5.69 Å².